The molecule has 0 radical (unpaired) electrons. The highest BCUT2D eigenvalue weighted by Crippen LogP contribution is 2.34. The van der Waals surface area contributed by atoms with E-state index in [-0.39, 0.29) is 0 Å². The quantitative estimate of drug-likeness (QED) is 0.841. The number of nitrogens with one attached hydrogen (secondary N) is 1. The lowest BCUT2D eigenvalue weighted by atomic mass is 9.97. The zero-order valence-electron chi connectivity index (χ0n) is 9.90. The van der Waals surface area contributed by atoms with Gasteiger partial charge in [0.25, 0.3) is 0 Å². The molecule has 17 heavy (non-hydrogen) atoms. The topological polar surface area (TPSA) is 58.6 Å². The largest absolute Gasteiger partial charge is 0.497 e. The van der Waals surface area contributed by atoms with Crippen LogP contribution in [0.5, 0.6) is 5.75 Å². The third-order valence-corrected chi connectivity index (χ3v) is 3.32. The summed E-state index contributed by atoms with van der Waals surface area (Å²) in [5.74, 6) is -0.0358. The monoisotopic (exact) mass is 235 g/mol. The van der Waals surface area contributed by atoms with Gasteiger partial charge in [0.05, 0.1) is 7.11 Å². The minimum absolute atomic E-state index is 0.680. The van der Waals surface area contributed by atoms with E-state index in [9.17, 15) is 9.90 Å². The summed E-state index contributed by atoms with van der Waals surface area (Å²) in [5, 5.41) is 12.5. The Kier molecular flexibility index (Phi) is 3.22. The van der Waals surface area contributed by atoms with E-state index in [0.717, 1.165) is 24.3 Å². The lowest BCUT2D eigenvalue weighted by molar-refractivity contribution is -0.142. The van der Waals surface area contributed by atoms with Gasteiger partial charge in [-0.15, -0.1) is 0 Å². The van der Waals surface area contributed by atoms with E-state index < -0.39 is 11.5 Å². The van der Waals surface area contributed by atoms with Gasteiger partial charge in [-0.05, 0) is 25.0 Å². The zero-order valence-corrected chi connectivity index (χ0v) is 9.90. The molecule has 4 nitrogen and oxygen atoms in total. The molecule has 0 aliphatic heterocycles. The number of ether oxygens (including phenoxy) is 1. The van der Waals surface area contributed by atoms with Crippen LogP contribution in [0.2, 0.25) is 0 Å². The van der Waals surface area contributed by atoms with Gasteiger partial charge in [0.1, 0.15) is 11.3 Å². The minimum Gasteiger partial charge on any atom is -0.497 e. The van der Waals surface area contributed by atoms with Gasteiger partial charge in [-0.1, -0.05) is 18.9 Å². The Labute approximate surface area is 101 Å². The maximum Gasteiger partial charge on any atom is 0.329 e. The first-order chi connectivity index (χ1) is 8.16. The fourth-order valence-electron chi connectivity index (χ4n) is 2.35. The third kappa shape index (κ3) is 2.35. The van der Waals surface area contributed by atoms with Crippen molar-refractivity contribution < 1.29 is 14.6 Å². The second-order valence-electron chi connectivity index (χ2n) is 4.45. The summed E-state index contributed by atoms with van der Waals surface area (Å²) in [7, 11) is 1.60. The summed E-state index contributed by atoms with van der Waals surface area (Å²) in [6, 6.07) is 7.38. The lowest BCUT2D eigenvalue weighted by Crippen LogP contribution is -2.43. The number of carboxylic acids is 1. The molecule has 1 aromatic rings. The van der Waals surface area contributed by atoms with Gasteiger partial charge < -0.3 is 15.2 Å². The van der Waals surface area contributed by atoms with Crippen LogP contribution in [0.15, 0.2) is 24.3 Å². The number of hydrogen-bond acceptors (Lipinski definition) is 3. The molecule has 0 atom stereocenters. The molecule has 2 rings (SSSR count). The molecule has 1 aliphatic carbocycles. The Morgan fingerprint density at radius 3 is 2.71 bits per heavy atom. The predicted octanol–water partition coefficient (Wildman–Crippen LogP) is 2.50. The third-order valence-electron chi connectivity index (χ3n) is 3.32. The maximum absolute atomic E-state index is 11.4. The number of carboxylic acid groups (broad SMARTS) is 1. The van der Waals surface area contributed by atoms with E-state index in [0.29, 0.717) is 12.8 Å². The van der Waals surface area contributed by atoms with E-state index >= 15 is 0 Å². The first-order valence-electron chi connectivity index (χ1n) is 5.82. The highest BCUT2D eigenvalue weighted by atomic mass is 16.5. The van der Waals surface area contributed by atoms with Crippen LogP contribution in [0.25, 0.3) is 0 Å². The Bertz CT molecular complexity index is 411. The Morgan fingerprint density at radius 2 is 2.12 bits per heavy atom. The molecule has 1 fully saturated rings. The maximum atomic E-state index is 11.4. The molecule has 0 heterocycles. The second kappa shape index (κ2) is 4.65. The number of rotatable bonds is 4. The standard InChI is InChI=1S/C13H17NO3/c1-17-11-6-4-5-10(9-11)14-13(12(15)16)7-2-3-8-13/h4-6,9,14H,2-3,7-8H2,1H3,(H,15,16). The van der Waals surface area contributed by atoms with E-state index in [4.69, 9.17) is 4.74 Å². The van der Waals surface area contributed by atoms with Crippen LogP contribution in [0.4, 0.5) is 5.69 Å². The van der Waals surface area contributed by atoms with Gasteiger partial charge in [0, 0.05) is 11.8 Å². The zero-order chi connectivity index (χ0) is 12.3. The number of benzene rings is 1. The fraction of sp³-hybridized carbons (Fsp3) is 0.462. The first-order valence-corrected chi connectivity index (χ1v) is 5.82. The molecule has 0 spiro atoms. The van der Waals surface area contributed by atoms with Gasteiger partial charge in [0.15, 0.2) is 0 Å². The van der Waals surface area contributed by atoms with Crippen molar-refractivity contribution in [1.29, 1.82) is 0 Å². The van der Waals surface area contributed by atoms with Crippen molar-refractivity contribution in [2.45, 2.75) is 31.2 Å². The number of methoxy groups -OCH3 is 1. The molecule has 4 heteroatoms. The molecule has 0 saturated heterocycles. The van der Waals surface area contributed by atoms with Gasteiger partial charge in [-0.3, -0.25) is 0 Å². The van der Waals surface area contributed by atoms with Crippen molar-refractivity contribution in [3.8, 4) is 5.75 Å². The summed E-state index contributed by atoms with van der Waals surface area (Å²) in [4.78, 5) is 11.4. The molecule has 92 valence electrons. The van der Waals surface area contributed by atoms with Gasteiger partial charge in [-0.2, -0.15) is 0 Å². The summed E-state index contributed by atoms with van der Waals surface area (Å²) in [6.45, 7) is 0. The van der Waals surface area contributed by atoms with E-state index in [2.05, 4.69) is 5.32 Å². The molecular formula is C13H17NO3. The highest BCUT2D eigenvalue weighted by Gasteiger charge is 2.41. The second-order valence-corrected chi connectivity index (χ2v) is 4.45. The number of carbonyl (C=O) groups is 1. The van der Waals surface area contributed by atoms with Crippen molar-refractivity contribution in [2.75, 3.05) is 12.4 Å². The number of aliphatic carboxylic acids is 1. The highest BCUT2D eigenvalue weighted by molar-refractivity contribution is 5.83. The van der Waals surface area contributed by atoms with Gasteiger partial charge >= 0.3 is 5.97 Å². The summed E-state index contributed by atoms with van der Waals surface area (Å²) < 4.78 is 5.13. The van der Waals surface area contributed by atoms with Gasteiger partial charge in [-0.25, -0.2) is 4.79 Å². The molecule has 0 unspecified atom stereocenters. The van der Waals surface area contributed by atoms with Crippen molar-refractivity contribution >= 4 is 11.7 Å². The fourth-order valence-corrected chi connectivity index (χ4v) is 2.35. The van der Waals surface area contributed by atoms with E-state index in [1.165, 1.54) is 0 Å². The van der Waals surface area contributed by atoms with Gasteiger partial charge in [0.2, 0.25) is 0 Å². The lowest BCUT2D eigenvalue weighted by Gasteiger charge is -2.26. The van der Waals surface area contributed by atoms with Crippen molar-refractivity contribution in [3.05, 3.63) is 24.3 Å². The summed E-state index contributed by atoms with van der Waals surface area (Å²) >= 11 is 0. The molecule has 0 aromatic heterocycles. The van der Waals surface area contributed by atoms with Crippen molar-refractivity contribution in [3.63, 3.8) is 0 Å². The van der Waals surface area contributed by atoms with Crippen LogP contribution in [0, 0.1) is 0 Å². The van der Waals surface area contributed by atoms with Crippen LogP contribution in [-0.2, 0) is 4.79 Å². The van der Waals surface area contributed by atoms with Crippen molar-refractivity contribution in [1.82, 2.24) is 0 Å². The molecule has 2 N–H and O–H groups in total. The van der Waals surface area contributed by atoms with Crippen LogP contribution < -0.4 is 10.1 Å². The van der Waals surface area contributed by atoms with Crippen LogP contribution in [0.1, 0.15) is 25.7 Å². The molecule has 1 aromatic carbocycles. The van der Waals surface area contributed by atoms with Crippen LogP contribution >= 0.6 is 0 Å². The van der Waals surface area contributed by atoms with Crippen LogP contribution in [-0.4, -0.2) is 23.7 Å². The van der Waals surface area contributed by atoms with E-state index in [1.54, 1.807) is 7.11 Å². The Morgan fingerprint density at radius 1 is 1.41 bits per heavy atom. The normalized spacial score (nSPS) is 17.7. The molecule has 0 amide bonds. The number of hydrogen-bond donors (Lipinski definition) is 2. The summed E-state index contributed by atoms with van der Waals surface area (Å²) in [6.07, 6.45) is 3.28. The van der Waals surface area contributed by atoms with Crippen LogP contribution in [0.3, 0.4) is 0 Å². The first kappa shape index (κ1) is 11.8. The summed E-state index contributed by atoms with van der Waals surface area (Å²) in [5.41, 5.74) is 0.000435. The Balaban J connectivity index is 2.20. The molecular weight excluding hydrogens is 218 g/mol. The van der Waals surface area contributed by atoms with E-state index in [1.807, 2.05) is 24.3 Å². The Hall–Kier alpha value is -1.71. The molecule has 1 saturated carbocycles. The average Bonchev–Trinajstić information content (AvgIpc) is 2.79. The SMILES string of the molecule is COc1cccc(NC2(C(=O)O)CCCC2)c1. The predicted molar refractivity (Wildman–Crippen MR) is 65.5 cm³/mol. The number of anilines is 1. The molecule has 0 bridgehead atoms. The van der Waals surface area contributed by atoms with Crippen molar-refractivity contribution in [2.24, 2.45) is 0 Å². The minimum atomic E-state index is -0.799. The smallest absolute Gasteiger partial charge is 0.329 e. The molecule has 1 aliphatic rings. The average molecular weight is 235 g/mol.